The molecule has 1 saturated carbocycles. The molecule has 2 fully saturated rings. The number of benzene rings is 1. The largest absolute Gasteiger partial charge is 0.490 e. The minimum atomic E-state index is -0.823. The third-order valence-electron chi connectivity index (χ3n) is 6.50. The van der Waals surface area contributed by atoms with Crippen LogP contribution in [0.3, 0.4) is 0 Å². The zero-order valence-electron chi connectivity index (χ0n) is 15.8. The first-order chi connectivity index (χ1) is 13.4. The number of ether oxygens (including phenoxy) is 1. The van der Waals surface area contributed by atoms with Gasteiger partial charge in [-0.2, -0.15) is 5.10 Å². The Hall–Kier alpha value is -2.84. The van der Waals surface area contributed by atoms with Gasteiger partial charge in [0.05, 0.1) is 23.6 Å². The number of piperidine rings is 1. The summed E-state index contributed by atoms with van der Waals surface area (Å²) >= 11 is 0. The average Bonchev–Trinajstić information content (AvgIpc) is 3.10. The number of rotatable bonds is 3. The standard InChI is InChI=1S/C19H24N4O5/c1-28-17-11-15-13(10-16(17)23(26)27)12-22(20-15)14-2-4-19(5-3-14)6-8-21(9-7-19)18(24)25/h10-12,14H,2-9H2,1H3,(H,24,25). The lowest BCUT2D eigenvalue weighted by Crippen LogP contribution is -2.44. The second-order valence-electron chi connectivity index (χ2n) is 7.95. The Balaban J connectivity index is 1.48. The highest BCUT2D eigenvalue weighted by molar-refractivity contribution is 5.83. The van der Waals surface area contributed by atoms with Crippen molar-refractivity contribution in [3.8, 4) is 5.75 Å². The van der Waals surface area contributed by atoms with E-state index in [0.29, 0.717) is 18.6 Å². The first-order valence-electron chi connectivity index (χ1n) is 9.60. The van der Waals surface area contributed by atoms with Crippen LogP contribution >= 0.6 is 0 Å². The second kappa shape index (κ2) is 6.96. The van der Waals surface area contributed by atoms with Gasteiger partial charge in [0, 0.05) is 36.8 Å². The maximum atomic E-state index is 11.2. The molecule has 0 unspecified atom stereocenters. The van der Waals surface area contributed by atoms with Crippen molar-refractivity contribution < 1.29 is 19.6 Å². The first-order valence-corrected chi connectivity index (χ1v) is 9.60. The number of likely N-dealkylation sites (tertiary alicyclic amines) is 1. The van der Waals surface area contributed by atoms with E-state index in [-0.39, 0.29) is 22.9 Å². The summed E-state index contributed by atoms with van der Waals surface area (Å²) < 4.78 is 7.07. The Morgan fingerprint density at radius 3 is 2.54 bits per heavy atom. The number of hydrogen-bond donors (Lipinski definition) is 1. The van der Waals surface area contributed by atoms with Gasteiger partial charge in [0.1, 0.15) is 0 Å². The van der Waals surface area contributed by atoms with Crippen LogP contribution in [-0.4, -0.2) is 51.0 Å². The Morgan fingerprint density at radius 1 is 1.29 bits per heavy atom. The Bertz CT molecular complexity index is 906. The summed E-state index contributed by atoms with van der Waals surface area (Å²) in [7, 11) is 1.42. The molecule has 1 amide bonds. The predicted octanol–water partition coefficient (Wildman–Crippen LogP) is 3.83. The third kappa shape index (κ3) is 3.25. The highest BCUT2D eigenvalue weighted by Crippen LogP contribution is 2.47. The normalized spacial score (nSPS) is 19.8. The molecule has 2 aromatic rings. The number of fused-ring (bicyclic) bond motifs is 1. The Morgan fingerprint density at radius 2 is 1.96 bits per heavy atom. The maximum absolute atomic E-state index is 11.2. The molecule has 1 aromatic carbocycles. The third-order valence-corrected chi connectivity index (χ3v) is 6.50. The number of nitrogens with zero attached hydrogens (tertiary/aromatic N) is 4. The van der Waals surface area contributed by atoms with Crippen LogP contribution in [0.1, 0.15) is 44.6 Å². The molecule has 1 spiro atoms. The zero-order chi connectivity index (χ0) is 19.9. The van der Waals surface area contributed by atoms with Crippen LogP contribution in [-0.2, 0) is 0 Å². The molecule has 0 atom stereocenters. The second-order valence-corrected chi connectivity index (χ2v) is 7.95. The molecule has 0 bridgehead atoms. The van der Waals surface area contributed by atoms with Gasteiger partial charge in [-0.05, 0) is 43.9 Å². The summed E-state index contributed by atoms with van der Waals surface area (Å²) in [5.74, 6) is 0.218. The van der Waals surface area contributed by atoms with Crippen LogP contribution in [0.5, 0.6) is 5.75 Å². The van der Waals surface area contributed by atoms with Gasteiger partial charge in [-0.15, -0.1) is 0 Å². The van der Waals surface area contributed by atoms with Crippen LogP contribution in [0.2, 0.25) is 0 Å². The minimum absolute atomic E-state index is 0.0534. The number of carbonyl (C=O) groups is 1. The molecule has 1 aliphatic carbocycles. The fourth-order valence-electron chi connectivity index (χ4n) is 4.70. The fourth-order valence-corrected chi connectivity index (χ4v) is 4.70. The number of nitro benzene ring substituents is 1. The van der Waals surface area contributed by atoms with Crippen LogP contribution in [0, 0.1) is 15.5 Å². The average molecular weight is 388 g/mol. The molecular weight excluding hydrogens is 364 g/mol. The molecule has 4 rings (SSSR count). The monoisotopic (exact) mass is 388 g/mol. The van der Waals surface area contributed by atoms with Gasteiger partial charge in [0.25, 0.3) is 0 Å². The summed E-state index contributed by atoms with van der Waals surface area (Å²) in [5, 5.41) is 25.7. The molecule has 28 heavy (non-hydrogen) atoms. The van der Waals surface area contributed by atoms with Gasteiger partial charge in [-0.25, -0.2) is 4.79 Å². The molecule has 9 nitrogen and oxygen atoms in total. The van der Waals surface area contributed by atoms with Crippen molar-refractivity contribution in [3.05, 3.63) is 28.4 Å². The van der Waals surface area contributed by atoms with Gasteiger partial charge in [-0.1, -0.05) is 0 Å². The molecule has 1 aliphatic heterocycles. The van der Waals surface area contributed by atoms with Gasteiger partial charge < -0.3 is 14.7 Å². The van der Waals surface area contributed by atoms with Crippen molar-refractivity contribution in [2.24, 2.45) is 5.41 Å². The Labute approximate surface area is 162 Å². The van der Waals surface area contributed by atoms with Crippen molar-refractivity contribution in [1.29, 1.82) is 0 Å². The quantitative estimate of drug-likeness (QED) is 0.632. The Kier molecular flexibility index (Phi) is 4.60. The van der Waals surface area contributed by atoms with Crippen molar-refractivity contribution in [2.45, 2.75) is 44.6 Å². The maximum Gasteiger partial charge on any atom is 0.407 e. The molecule has 0 radical (unpaired) electrons. The van der Waals surface area contributed by atoms with Crippen molar-refractivity contribution in [1.82, 2.24) is 14.7 Å². The number of methoxy groups -OCH3 is 1. The predicted molar refractivity (Wildman–Crippen MR) is 102 cm³/mol. The van der Waals surface area contributed by atoms with Gasteiger partial charge in [0.2, 0.25) is 0 Å². The van der Waals surface area contributed by atoms with E-state index in [1.54, 1.807) is 6.07 Å². The smallest absolute Gasteiger partial charge is 0.407 e. The molecule has 2 aliphatic rings. The summed E-state index contributed by atoms with van der Waals surface area (Å²) in [6.45, 7) is 1.24. The van der Waals surface area contributed by atoms with E-state index >= 15 is 0 Å². The van der Waals surface area contributed by atoms with Gasteiger partial charge >= 0.3 is 11.8 Å². The highest BCUT2D eigenvalue weighted by atomic mass is 16.6. The van der Waals surface area contributed by atoms with Crippen LogP contribution in [0.25, 0.3) is 10.9 Å². The highest BCUT2D eigenvalue weighted by Gasteiger charge is 2.39. The van der Waals surface area contributed by atoms with Crippen LogP contribution < -0.4 is 4.74 Å². The van der Waals surface area contributed by atoms with Crippen LogP contribution in [0.15, 0.2) is 18.3 Å². The topological polar surface area (TPSA) is 111 Å². The van der Waals surface area contributed by atoms with E-state index < -0.39 is 11.0 Å². The summed E-state index contributed by atoms with van der Waals surface area (Å²) in [4.78, 5) is 23.4. The summed E-state index contributed by atoms with van der Waals surface area (Å²) in [6, 6.07) is 3.40. The van der Waals surface area contributed by atoms with E-state index in [2.05, 4.69) is 5.10 Å². The number of carboxylic acid groups (broad SMARTS) is 1. The van der Waals surface area contributed by atoms with E-state index in [0.717, 1.165) is 43.9 Å². The van der Waals surface area contributed by atoms with E-state index in [1.165, 1.54) is 18.1 Å². The molecule has 1 N–H and O–H groups in total. The van der Waals surface area contributed by atoms with Crippen molar-refractivity contribution in [2.75, 3.05) is 20.2 Å². The zero-order valence-corrected chi connectivity index (χ0v) is 15.8. The minimum Gasteiger partial charge on any atom is -0.490 e. The molecule has 150 valence electrons. The lowest BCUT2D eigenvalue weighted by Gasteiger charge is -2.45. The summed E-state index contributed by atoms with van der Waals surface area (Å²) in [5.41, 5.74) is 0.886. The van der Waals surface area contributed by atoms with Crippen molar-refractivity contribution in [3.63, 3.8) is 0 Å². The van der Waals surface area contributed by atoms with E-state index in [9.17, 15) is 14.9 Å². The van der Waals surface area contributed by atoms with E-state index in [4.69, 9.17) is 9.84 Å². The number of hydrogen-bond acceptors (Lipinski definition) is 5. The van der Waals surface area contributed by atoms with Gasteiger partial charge in [-0.3, -0.25) is 14.8 Å². The first kappa shape index (κ1) is 18.5. The molecule has 9 heteroatoms. The summed E-state index contributed by atoms with van der Waals surface area (Å²) in [6.07, 6.45) is 7.01. The lowest BCUT2D eigenvalue weighted by molar-refractivity contribution is -0.385. The molecule has 1 saturated heterocycles. The number of aromatic nitrogens is 2. The number of amides is 1. The van der Waals surface area contributed by atoms with Crippen LogP contribution in [0.4, 0.5) is 10.5 Å². The SMILES string of the molecule is COc1cc2nn(C3CCC4(CC3)CCN(C(=O)O)CC4)cc2cc1[N+](=O)[O-]. The number of nitro groups is 1. The van der Waals surface area contributed by atoms with Crippen molar-refractivity contribution >= 4 is 22.7 Å². The van der Waals surface area contributed by atoms with Gasteiger partial charge in [0.15, 0.2) is 5.75 Å². The molecule has 2 heterocycles. The fraction of sp³-hybridized carbons (Fsp3) is 0.579. The molecular formula is C19H24N4O5. The van der Waals surface area contributed by atoms with E-state index in [1.807, 2.05) is 10.9 Å². The molecule has 1 aromatic heterocycles. The lowest BCUT2D eigenvalue weighted by atomic mass is 9.67.